The number of ether oxygens (including phenoxy) is 1. The molecule has 0 N–H and O–H groups in total. The molecule has 1 aromatic carbocycles. The van der Waals surface area contributed by atoms with Crippen LogP contribution in [-0.2, 0) is 0 Å². The molecule has 2 fully saturated rings. The maximum absolute atomic E-state index is 14.6. The molecular formula is C23H32F2O. The predicted molar refractivity (Wildman–Crippen MR) is 103 cm³/mol. The van der Waals surface area contributed by atoms with Crippen molar-refractivity contribution in [2.24, 2.45) is 11.8 Å². The van der Waals surface area contributed by atoms with Crippen molar-refractivity contribution in [1.29, 1.82) is 0 Å². The van der Waals surface area contributed by atoms with Gasteiger partial charge in [0.15, 0.2) is 11.6 Å². The van der Waals surface area contributed by atoms with Crippen LogP contribution in [0.25, 0.3) is 0 Å². The summed E-state index contributed by atoms with van der Waals surface area (Å²) in [6.45, 7) is 4.03. The zero-order valence-corrected chi connectivity index (χ0v) is 15.8. The molecule has 0 bridgehead atoms. The highest BCUT2D eigenvalue weighted by atomic mass is 19.2. The lowest BCUT2D eigenvalue weighted by Crippen LogP contribution is -2.23. The first-order valence-electron chi connectivity index (χ1n) is 10.4. The van der Waals surface area contributed by atoms with Crippen LogP contribution >= 0.6 is 0 Å². The van der Waals surface area contributed by atoms with Crippen molar-refractivity contribution < 1.29 is 13.5 Å². The summed E-state index contributed by atoms with van der Waals surface area (Å²) in [5, 5.41) is 0. The second-order valence-electron chi connectivity index (χ2n) is 8.07. The molecule has 1 aromatic rings. The van der Waals surface area contributed by atoms with Crippen molar-refractivity contribution in [3.8, 4) is 5.75 Å². The highest BCUT2D eigenvalue weighted by Crippen LogP contribution is 2.44. The van der Waals surface area contributed by atoms with Gasteiger partial charge in [-0.15, -0.1) is 6.58 Å². The Bertz CT molecular complexity index is 584. The fraction of sp³-hybridized carbons (Fsp3) is 0.652. The minimum Gasteiger partial charge on any atom is -0.490 e. The minimum atomic E-state index is -0.824. The maximum atomic E-state index is 14.6. The van der Waals surface area contributed by atoms with Crippen molar-refractivity contribution >= 4 is 0 Å². The van der Waals surface area contributed by atoms with Gasteiger partial charge in [0.25, 0.3) is 0 Å². The molecule has 2 aliphatic carbocycles. The molecular weight excluding hydrogens is 330 g/mol. The van der Waals surface area contributed by atoms with Crippen molar-refractivity contribution in [1.82, 2.24) is 0 Å². The zero-order valence-electron chi connectivity index (χ0n) is 15.8. The summed E-state index contributed by atoms with van der Waals surface area (Å²) >= 11 is 0. The largest absolute Gasteiger partial charge is 0.490 e. The molecule has 0 aromatic heterocycles. The normalized spacial score (nSPS) is 24.4. The van der Waals surface area contributed by atoms with Gasteiger partial charge < -0.3 is 4.74 Å². The lowest BCUT2D eigenvalue weighted by atomic mass is 9.70. The van der Waals surface area contributed by atoms with E-state index in [0.29, 0.717) is 12.2 Å². The third-order valence-corrected chi connectivity index (χ3v) is 6.42. The first kappa shape index (κ1) is 19.4. The Morgan fingerprint density at radius 2 is 1.62 bits per heavy atom. The Morgan fingerprint density at radius 1 is 0.923 bits per heavy atom. The van der Waals surface area contributed by atoms with Crippen LogP contribution in [0, 0.1) is 23.5 Å². The average molecular weight is 363 g/mol. The third kappa shape index (κ3) is 4.66. The van der Waals surface area contributed by atoms with Crippen LogP contribution in [0.3, 0.4) is 0 Å². The van der Waals surface area contributed by atoms with Gasteiger partial charge in [0.1, 0.15) is 0 Å². The molecule has 0 aliphatic heterocycles. The van der Waals surface area contributed by atoms with Crippen LogP contribution in [0.4, 0.5) is 8.78 Å². The van der Waals surface area contributed by atoms with Gasteiger partial charge in [-0.3, -0.25) is 0 Å². The first-order valence-corrected chi connectivity index (χ1v) is 10.4. The molecule has 144 valence electrons. The lowest BCUT2D eigenvalue weighted by Gasteiger charge is -2.36. The van der Waals surface area contributed by atoms with Gasteiger partial charge in [-0.05, 0) is 67.9 Å². The molecule has 0 spiro atoms. The molecule has 3 heteroatoms. The summed E-state index contributed by atoms with van der Waals surface area (Å²) < 4.78 is 34.4. The fourth-order valence-electron chi connectivity index (χ4n) is 4.89. The van der Waals surface area contributed by atoms with E-state index in [1.807, 2.05) is 0 Å². The fourth-order valence-corrected chi connectivity index (χ4v) is 4.89. The highest BCUT2D eigenvalue weighted by Gasteiger charge is 2.31. The number of allylic oxidation sites excluding steroid dienone is 1. The van der Waals surface area contributed by atoms with Crippen LogP contribution in [0.5, 0.6) is 5.75 Å². The van der Waals surface area contributed by atoms with Gasteiger partial charge in [-0.1, -0.05) is 44.2 Å². The Hall–Kier alpha value is -1.38. The van der Waals surface area contributed by atoms with Crippen molar-refractivity contribution in [3.63, 3.8) is 0 Å². The van der Waals surface area contributed by atoms with E-state index in [0.717, 1.165) is 50.4 Å². The van der Waals surface area contributed by atoms with Crippen LogP contribution in [0.2, 0.25) is 0 Å². The van der Waals surface area contributed by atoms with Gasteiger partial charge in [-0.25, -0.2) is 4.39 Å². The third-order valence-electron chi connectivity index (χ3n) is 6.42. The monoisotopic (exact) mass is 362 g/mol. The quantitative estimate of drug-likeness (QED) is 0.369. The van der Waals surface area contributed by atoms with Gasteiger partial charge in [-0.2, -0.15) is 4.39 Å². The molecule has 0 unspecified atom stereocenters. The average Bonchev–Trinajstić information content (AvgIpc) is 2.69. The van der Waals surface area contributed by atoms with Crippen molar-refractivity contribution in [2.75, 3.05) is 6.61 Å². The van der Waals surface area contributed by atoms with Crippen LogP contribution in [0.1, 0.15) is 82.1 Å². The summed E-state index contributed by atoms with van der Waals surface area (Å²) in [7, 11) is 0. The van der Waals surface area contributed by atoms with E-state index < -0.39 is 11.6 Å². The van der Waals surface area contributed by atoms with Gasteiger partial charge >= 0.3 is 0 Å². The second kappa shape index (κ2) is 9.53. The number of hydrogen-bond acceptors (Lipinski definition) is 1. The smallest absolute Gasteiger partial charge is 0.200 e. The Morgan fingerprint density at radius 3 is 2.31 bits per heavy atom. The Labute approximate surface area is 156 Å². The SMILES string of the molecule is C=CCCCOc1ccc(C2CCC(C3CCCCC3)CC2)c(F)c1F. The first-order chi connectivity index (χ1) is 12.7. The molecule has 2 aliphatic rings. The van der Waals surface area contributed by atoms with E-state index in [2.05, 4.69) is 6.58 Å². The molecule has 0 radical (unpaired) electrons. The second-order valence-corrected chi connectivity index (χ2v) is 8.07. The van der Waals surface area contributed by atoms with Crippen molar-refractivity contribution in [2.45, 2.75) is 76.5 Å². The molecule has 2 saturated carbocycles. The van der Waals surface area contributed by atoms with E-state index in [1.165, 1.54) is 32.1 Å². The molecule has 1 nitrogen and oxygen atoms in total. The maximum Gasteiger partial charge on any atom is 0.200 e. The predicted octanol–water partition coefficient (Wildman–Crippen LogP) is 7.16. The molecule has 3 rings (SSSR count). The molecule has 0 atom stereocenters. The van der Waals surface area contributed by atoms with Gasteiger partial charge in [0.05, 0.1) is 6.61 Å². The Kier molecular flexibility index (Phi) is 7.10. The molecule has 0 saturated heterocycles. The topological polar surface area (TPSA) is 9.23 Å². The van der Waals surface area contributed by atoms with Crippen molar-refractivity contribution in [3.05, 3.63) is 42.0 Å². The summed E-state index contributed by atoms with van der Waals surface area (Å²) in [6, 6.07) is 3.35. The van der Waals surface area contributed by atoms with E-state index in [-0.39, 0.29) is 11.7 Å². The molecule has 0 amide bonds. The van der Waals surface area contributed by atoms with E-state index in [1.54, 1.807) is 18.2 Å². The number of halogens is 2. The van der Waals surface area contributed by atoms with Crippen LogP contribution < -0.4 is 4.74 Å². The summed E-state index contributed by atoms with van der Waals surface area (Å²) in [6.07, 6.45) is 14.5. The van der Waals surface area contributed by atoms with Gasteiger partial charge in [0, 0.05) is 0 Å². The highest BCUT2D eigenvalue weighted by molar-refractivity contribution is 5.33. The summed E-state index contributed by atoms with van der Waals surface area (Å²) in [5.41, 5.74) is 0.544. The van der Waals surface area contributed by atoms with Crippen LogP contribution in [-0.4, -0.2) is 6.61 Å². The van der Waals surface area contributed by atoms with E-state index in [4.69, 9.17) is 4.74 Å². The lowest BCUT2D eigenvalue weighted by molar-refractivity contribution is 0.184. The number of rotatable bonds is 7. The summed E-state index contributed by atoms with van der Waals surface area (Å²) in [5.74, 6) is 0.331. The molecule has 0 heterocycles. The number of benzene rings is 1. The van der Waals surface area contributed by atoms with E-state index >= 15 is 0 Å². The molecule has 26 heavy (non-hydrogen) atoms. The Balaban J connectivity index is 1.57. The summed E-state index contributed by atoms with van der Waals surface area (Å²) in [4.78, 5) is 0. The van der Waals surface area contributed by atoms with Crippen LogP contribution in [0.15, 0.2) is 24.8 Å². The van der Waals surface area contributed by atoms with Gasteiger partial charge in [0.2, 0.25) is 5.82 Å². The standard InChI is InChI=1S/C23H32F2O/c1-2-3-7-16-26-21-15-14-20(22(24)23(21)25)19-12-10-18(11-13-19)17-8-5-4-6-9-17/h2,14-15,17-19H,1,3-13,16H2. The minimum absolute atomic E-state index is 0.0335. The number of hydrogen-bond donors (Lipinski definition) is 0. The van der Waals surface area contributed by atoms with E-state index in [9.17, 15) is 8.78 Å². The zero-order chi connectivity index (χ0) is 18.4. The number of unbranched alkanes of at least 4 members (excludes halogenated alkanes) is 1.